The Labute approximate surface area is 113 Å². The summed E-state index contributed by atoms with van der Waals surface area (Å²) in [5, 5.41) is 0. The van der Waals surface area contributed by atoms with Crippen molar-refractivity contribution in [2.45, 2.75) is 31.7 Å². The second-order valence-corrected chi connectivity index (χ2v) is 5.56. The van der Waals surface area contributed by atoms with E-state index in [4.69, 9.17) is 10.5 Å². The Kier molecular flexibility index (Phi) is 3.09. The highest BCUT2D eigenvalue weighted by Gasteiger charge is 2.37. The lowest BCUT2D eigenvalue weighted by Crippen LogP contribution is -2.35. The first-order chi connectivity index (χ1) is 9.20. The Balaban J connectivity index is 1.86. The molecule has 0 bridgehead atoms. The van der Waals surface area contributed by atoms with Gasteiger partial charge < -0.3 is 15.4 Å². The van der Waals surface area contributed by atoms with Crippen molar-refractivity contribution >= 4 is 11.6 Å². The van der Waals surface area contributed by atoms with Gasteiger partial charge in [-0.15, -0.1) is 0 Å². The molecule has 2 aliphatic carbocycles. The van der Waals surface area contributed by atoms with E-state index in [1.807, 2.05) is 11.0 Å². The van der Waals surface area contributed by atoms with Crippen molar-refractivity contribution in [3.63, 3.8) is 0 Å². The van der Waals surface area contributed by atoms with Crippen LogP contribution in [-0.2, 0) is 0 Å². The van der Waals surface area contributed by atoms with Gasteiger partial charge in [0, 0.05) is 12.6 Å². The van der Waals surface area contributed by atoms with E-state index in [1.165, 1.54) is 12.8 Å². The summed E-state index contributed by atoms with van der Waals surface area (Å²) in [6, 6.07) is 5.81. The molecule has 4 heteroatoms. The summed E-state index contributed by atoms with van der Waals surface area (Å²) in [4.78, 5) is 14.7. The number of methoxy groups -OCH3 is 1. The van der Waals surface area contributed by atoms with E-state index in [0.717, 1.165) is 19.4 Å². The third-order valence-electron chi connectivity index (χ3n) is 3.88. The van der Waals surface area contributed by atoms with Crippen molar-refractivity contribution in [1.29, 1.82) is 0 Å². The molecule has 2 aliphatic rings. The van der Waals surface area contributed by atoms with Crippen LogP contribution >= 0.6 is 0 Å². The van der Waals surface area contributed by atoms with E-state index in [9.17, 15) is 4.79 Å². The topological polar surface area (TPSA) is 55.6 Å². The monoisotopic (exact) mass is 260 g/mol. The van der Waals surface area contributed by atoms with Crippen LogP contribution in [0.4, 0.5) is 5.69 Å². The summed E-state index contributed by atoms with van der Waals surface area (Å²) in [6.07, 6.45) is 4.77. The number of carbonyl (C=O) groups excluding carboxylic acids is 1. The minimum atomic E-state index is 0.0681. The molecule has 3 rings (SSSR count). The summed E-state index contributed by atoms with van der Waals surface area (Å²) in [6.45, 7) is 0.890. The van der Waals surface area contributed by atoms with Gasteiger partial charge in [0.1, 0.15) is 0 Å². The number of hydrogen-bond acceptors (Lipinski definition) is 3. The number of rotatable bonds is 5. The van der Waals surface area contributed by atoms with Crippen LogP contribution in [0.2, 0.25) is 0 Å². The second-order valence-electron chi connectivity index (χ2n) is 5.56. The fourth-order valence-corrected chi connectivity index (χ4v) is 2.47. The van der Waals surface area contributed by atoms with Gasteiger partial charge in [-0.25, -0.2) is 0 Å². The Hall–Kier alpha value is -1.71. The molecule has 0 aliphatic heterocycles. The number of para-hydroxylation sites is 1. The molecular formula is C15H20N2O2. The fraction of sp³-hybridized carbons (Fsp3) is 0.533. The molecule has 1 aromatic carbocycles. The van der Waals surface area contributed by atoms with Crippen LogP contribution in [-0.4, -0.2) is 30.5 Å². The zero-order valence-corrected chi connectivity index (χ0v) is 11.3. The number of ether oxygens (including phenoxy) is 1. The van der Waals surface area contributed by atoms with Crippen molar-refractivity contribution in [2.24, 2.45) is 5.92 Å². The standard InChI is InChI=1S/C15H20N2O2/c1-19-14-12(3-2-4-13(14)16)15(18)17(11-7-8-11)9-10-5-6-10/h2-4,10-11H,5-9,16H2,1H3. The summed E-state index contributed by atoms with van der Waals surface area (Å²) in [5.41, 5.74) is 7.00. The van der Waals surface area contributed by atoms with Gasteiger partial charge >= 0.3 is 0 Å². The molecule has 0 aromatic heterocycles. The Morgan fingerprint density at radius 3 is 2.68 bits per heavy atom. The SMILES string of the molecule is COc1c(N)cccc1C(=O)N(CC1CC1)C1CC1. The number of hydrogen-bond donors (Lipinski definition) is 1. The molecule has 0 saturated heterocycles. The molecule has 102 valence electrons. The average Bonchev–Trinajstić information content (AvgIpc) is 3.27. The predicted molar refractivity (Wildman–Crippen MR) is 74.2 cm³/mol. The summed E-state index contributed by atoms with van der Waals surface area (Å²) >= 11 is 0. The molecule has 2 saturated carbocycles. The fourth-order valence-electron chi connectivity index (χ4n) is 2.47. The first-order valence-electron chi connectivity index (χ1n) is 6.94. The quantitative estimate of drug-likeness (QED) is 0.826. The average molecular weight is 260 g/mol. The van der Waals surface area contributed by atoms with Gasteiger partial charge in [0.2, 0.25) is 0 Å². The number of benzene rings is 1. The predicted octanol–water partition coefficient (Wildman–Crippen LogP) is 2.29. The van der Waals surface area contributed by atoms with Gasteiger partial charge in [-0.05, 0) is 43.7 Å². The zero-order chi connectivity index (χ0) is 13.4. The zero-order valence-electron chi connectivity index (χ0n) is 11.3. The highest BCUT2D eigenvalue weighted by molar-refractivity contribution is 5.99. The van der Waals surface area contributed by atoms with E-state index < -0.39 is 0 Å². The van der Waals surface area contributed by atoms with Crippen molar-refractivity contribution in [3.8, 4) is 5.75 Å². The van der Waals surface area contributed by atoms with E-state index >= 15 is 0 Å². The van der Waals surface area contributed by atoms with E-state index in [-0.39, 0.29) is 5.91 Å². The maximum Gasteiger partial charge on any atom is 0.257 e. The van der Waals surface area contributed by atoms with Crippen molar-refractivity contribution in [2.75, 3.05) is 19.4 Å². The first kappa shape index (κ1) is 12.3. The van der Waals surface area contributed by atoms with Crippen LogP contribution in [0.5, 0.6) is 5.75 Å². The number of nitrogens with zero attached hydrogens (tertiary/aromatic N) is 1. The van der Waals surface area contributed by atoms with Crippen LogP contribution in [0.25, 0.3) is 0 Å². The Morgan fingerprint density at radius 1 is 1.37 bits per heavy atom. The van der Waals surface area contributed by atoms with Gasteiger partial charge in [-0.1, -0.05) is 6.07 Å². The first-order valence-corrected chi connectivity index (χ1v) is 6.94. The number of anilines is 1. The molecule has 2 N–H and O–H groups in total. The largest absolute Gasteiger partial charge is 0.494 e. The van der Waals surface area contributed by atoms with E-state index in [0.29, 0.717) is 29.0 Å². The van der Waals surface area contributed by atoms with Gasteiger partial charge in [0.25, 0.3) is 5.91 Å². The molecule has 1 amide bonds. The smallest absolute Gasteiger partial charge is 0.257 e. The van der Waals surface area contributed by atoms with Gasteiger partial charge in [0.05, 0.1) is 18.4 Å². The van der Waals surface area contributed by atoms with Crippen molar-refractivity contribution in [3.05, 3.63) is 23.8 Å². The maximum atomic E-state index is 12.7. The summed E-state index contributed by atoms with van der Waals surface area (Å²) in [5.74, 6) is 1.28. The molecular weight excluding hydrogens is 240 g/mol. The van der Waals surface area contributed by atoms with Crippen LogP contribution < -0.4 is 10.5 Å². The molecule has 0 heterocycles. The van der Waals surface area contributed by atoms with E-state index in [1.54, 1.807) is 19.2 Å². The lowest BCUT2D eigenvalue weighted by Gasteiger charge is -2.23. The second kappa shape index (κ2) is 4.76. The highest BCUT2D eigenvalue weighted by Crippen LogP contribution is 2.37. The Bertz CT molecular complexity index is 493. The third kappa shape index (κ3) is 2.53. The molecule has 4 nitrogen and oxygen atoms in total. The third-order valence-corrected chi connectivity index (χ3v) is 3.88. The molecule has 0 spiro atoms. The number of nitrogen functional groups attached to an aromatic ring is 1. The van der Waals surface area contributed by atoms with Crippen LogP contribution in [0.3, 0.4) is 0 Å². The van der Waals surface area contributed by atoms with Crippen molar-refractivity contribution < 1.29 is 9.53 Å². The number of nitrogens with two attached hydrogens (primary N) is 1. The minimum absolute atomic E-state index is 0.0681. The highest BCUT2D eigenvalue weighted by atomic mass is 16.5. The number of amides is 1. The maximum absolute atomic E-state index is 12.7. The van der Waals surface area contributed by atoms with Gasteiger partial charge in [-0.2, -0.15) is 0 Å². The van der Waals surface area contributed by atoms with Gasteiger partial charge in [0.15, 0.2) is 5.75 Å². The lowest BCUT2D eigenvalue weighted by molar-refractivity contribution is 0.0731. The molecule has 0 unspecified atom stereocenters. The minimum Gasteiger partial charge on any atom is -0.494 e. The van der Waals surface area contributed by atoms with Crippen LogP contribution in [0, 0.1) is 5.92 Å². The molecule has 19 heavy (non-hydrogen) atoms. The van der Waals surface area contributed by atoms with Crippen molar-refractivity contribution in [1.82, 2.24) is 4.90 Å². The molecule has 2 fully saturated rings. The lowest BCUT2D eigenvalue weighted by atomic mass is 10.1. The molecule has 0 radical (unpaired) electrons. The summed E-state index contributed by atoms with van der Waals surface area (Å²) in [7, 11) is 1.56. The molecule has 0 atom stereocenters. The molecule has 1 aromatic rings. The van der Waals surface area contributed by atoms with Crippen LogP contribution in [0.1, 0.15) is 36.0 Å². The normalized spacial score (nSPS) is 18.2. The Morgan fingerprint density at radius 2 is 2.11 bits per heavy atom. The summed E-state index contributed by atoms with van der Waals surface area (Å²) < 4.78 is 5.30. The number of carbonyl (C=O) groups is 1. The van der Waals surface area contributed by atoms with Gasteiger partial charge in [-0.3, -0.25) is 4.79 Å². The van der Waals surface area contributed by atoms with Crippen LogP contribution in [0.15, 0.2) is 18.2 Å². The van der Waals surface area contributed by atoms with E-state index in [2.05, 4.69) is 0 Å².